The Hall–Kier alpha value is -0.530. The lowest BCUT2D eigenvalue weighted by atomic mass is 10.1. The van der Waals surface area contributed by atoms with Gasteiger partial charge in [0.25, 0.3) is 0 Å². The number of hydrogen-bond donors (Lipinski definition) is 0. The van der Waals surface area contributed by atoms with Gasteiger partial charge in [-0.3, -0.25) is 4.79 Å². The Morgan fingerprint density at radius 2 is 2.00 bits per heavy atom. The molecule has 1 amide bonds. The molecule has 0 N–H and O–H groups in total. The number of carbonyl (C=O) groups is 1. The van der Waals surface area contributed by atoms with E-state index in [1.165, 1.54) is 0 Å². The average molecular weight is 174 g/mol. The normalized spacial score (nSPS) is 15.7. The summed E-state index contributed by atoms with van der Waals surface area (Å²) < 4.78 is 21.8. The molecule has 0 spiro atoms. The summed E-state index contributed by atoms with van der Waals surface area (Å²) in [4.78, 5) is 12.7. The van der Waals surface area contributed by atoms with Crippen LogP contribution in [0.25, 0.3) is 0 Å². The molecular weight excluding hydrogens is 150 g/mol. The predicted octanol–water partition coefficient (Wildman–Crippen LogP) is 2.29. The maximum atomic E-state index is 11.7. The number of rotatable bonds is 4. The molecule has 0 unspecified atom stereocenters. The number of nitrogens with zero attached hydrogens (tertiary/aromatic N) is 1. The fourth-order valence-corrected chi connectivity index (χ4v) is 0.821. The van der Waals surface area contributed by atoms with Crippen molar-refractivity contribution < 1.29 is 8.91 Å². The first-order valence-corrected chi connectivity index (χ1v) is 4.48. The van der Waals surface area contributed by atoms with Gasteiger partial charge >= 0.3 is 0 Å². The monoisotopic (exact) mass is 174 g/mol. The SMILES string of the molecule is [2H]C([2H])([2H])N(C(=O)CCC(C)C)C(C)C. The van der Waals surface area contributed by atoms with Crippen molar-refractivity contribution in [3.05, 3.63) is 0 Å². The van der Waals surface area contributed by atoms with Gasteiger partial charge in [0.1, 0.15) is 0 Å². The summed E-state index contributed by atoms with van der Waals surface area (Å²) in [6, 6.07) is -0.280. The smallest absolute Gasteiger partial charge is 0.222 e. The first-order valence-electron chi connectivity index (χ1n) is 5.98. The molecule has 0 aromatic heterocycles. The second-order valence-corrected chi connectivity index (χ2v) is 3.79. The molecule has 12 heavy (non-hydrogen) atoms. The Balaban J connectivity index is 4.45. The second-order valence-electron chi connectivity index (χ2n) is 3.79. The zero-order valence-electron chi connectivity index (χ0n) is 11.4. The third-order valence-corrected chi connectivity index (χ3v) is 1.72. The molecule has 72 valence electrons. The molecule has 2 heteroatoms. The lowest BCUT2D eigenvalue weighted by Crippen LogP contribution is -2.32. The van der Waals surface area contributed by atoms with Crippen molar-refractivity contribution in [2.75, 3.05) is 6.98 Å². The Morgan fingerprint density at radius 1 is 1.42 bits per heavy atom. The molecular formula is C10H21NO. The van der Waals surface area contributed by atoms with Crippen LogP contribution in [0.4, 0.5) is 0 Å². The zero-order chi connectivity index (χ0) is 12.2. The van der Waals surface area contributed by atoms with Crippen molar-refractivity contribution in [2.24, 2.45) is 5.92 Å². The highest BCUT2D eigenvalue weighted by molar-refractivity contribution is 5.76. The maximum Gasteiger partial charge on any atom is 0.222 e. The minimum atomic E-state index is -2.32. The molecule has 0 fully saturated rings. The van der Waals surface area contributed by atoms with E-state index < -0.39 is 6.98 Å². The summed E-state index contributed by atoms with van der Waals surface area (Å²) in [5, 5.41) is 0. The molecule has 0 aromatic carbocycles. The van der Waals surface area contributed by atoms with Crippen molar-refractivity contribution in [1.29, 1.82) is 0 Å². The van der Waals surface area contributed by atoms with E-state index in [9.17, 15) is 4.79 Å². The number of carbonyl (C=O) groups excluding carboxylic acids is 1. The van der Waals surface area contributed by atoms with Crippen molar-refractivity contribution in [1.82, 2.24) is 4.90 Å². The molecule has 0 aliphatic carbocycles. The third-order valence-electron chi connectivity index (χ3n) is 1.72. The molecule has 0 radical (unpaired) electrons. The van der Waals surface area contributed by atoms with Crippen LogP contribution in [0.5, 0.6) is 0 Å². The van der Waals surface area contributed by atoms with Crippen LogP contribution in [-0.2, 0) is 4.79 Å². The predicted molar refractivity (Wildman–Crippen MR) is 52.0 cm³/mol. The van der Waals surface area contributed by atoms with E-state index in [-0.39, 0.29) is 11.9 Å². The molecule has 2 nitrogen and oxygen atoms in total. The largest absolute Gasteiger partial charge is 0.343 e. The fourth-order valence-electron chi connectivity index (χ4n) is 0.821. The van der Waals surface area contributed by atoms with Crippen molar-refractivity contribution in [2.45, 2.75) is 46.6 Å². The van der Waals surface area contributed by atoms with Gasteiger partial charge in [-0.05, 0) is 26.2 Å². The van der Waals surface area contributed by atoms with Crippen LogP contribution in [0, 0.1) is 5.92 Å². The third kappa shape index (κ3) is 4.37. The van der Waals surface area contributed by atoms with Crippen LogP contribution in [0.15, 0.2) is 0 Å². The molecule has 0 rings (SSSR count). The van der Waals surface area contributed by atoms with Gasteiger partial charge < -0.3 is 4.90 Å². The summed E-state index contributed by atoms with van der Waals surface area (Å²) in [5.41, 5.74) is 0. The Labute approximate surface area is 80.2 Å². The van der Waals surface area contributed by atoms with Crippen molar-refractivity contribution >= 4 is 5.91 Å². The lowest BCUT2D eigenvalue weighted by molar-refractivity contribution is -0.131. The van der Waals surface area contributed by atoms with Crippen LogP contribution in [0.1, 0.15) is 44.6 Å². The molecule has 0 aliphatic heterocycles. The Kier molecular flexibility index (Phi) is 2.99. The molecule has 0 saturated carbocycles. The first-order chi connectivity index (χ1) is 6.66. The van der Waals surface area contributed by atoms with E-state index in [2.05, 4.69) is 0 Å². The maximum absolute atomic E-state index is 11.7. The van der Waals surface area contributed by atoms with Crippen LogP contribution < -0.4 is 0 Å². The average Bonchev–Trinajstić information content (AvgIpc) is 1.96. The molecule has 0 aliphatic rings. The lowest BCUT2D eigenvalue weighted by Gasteiger charge is -2.21. The van der Waals surface area contributed by atoms with Gasteiger partial charge in [-0.15, -0.1) is 0 Å². The number of amides is 1. The van der Waals surface area contributed by atoms with Crippen LogP contribution in [-0.4, -0.2) is 23.8 Å². The van der Waals surface area contributed by atoms with Gasteiger partial charge in [-0.1, -0.05) is 13.8 Å². The quantitative estimate of drug-likeness (QED) is 0.640. The van der Waals surface area contributed by atoms with Crippen LogP contribution in [0.3, 0.4) is 0 Å². The summed E-state index contributed by atoms with van der Waals surface area (Å²) in [7, 11) is 0. The van der Waals surface area contributed by atoms with E-state index >= 15 is 0 Å². The van der Waals surface area contributed by atoms with Crippen LogP contribution in [0.2, 0.25) is 0 Å². The van der Waals surface area contributed by atoms with E-state index in [0.29, 0.717) is 12.3 Å². The summed E-state index contributed by atoms with van der Waals surface area (Å²) in [6.45, 7) is 5.16. The van der Waals surface area contributed by atoms with E-state index in [4.69, 9.17) is 4.11 Å². The van der Waals surface area contributed by atoms with E-state index in [0.717, 1.165) is 11.3 Å². The van der Waals surface area contributed by atoms with Crippen molar-refractivity contribution in [3.8, 4) is 0 Å². The van der Waals surface area contributed by atoms with Crippen molar-refractivity contribution in [3.63, 3.8) is 0 Å². The van der Waals surface area contributed by atoms with Gasteiger partial charge in [-0.2, -0.15) is 0 Å². The summed E-state index contributed by atoms with van der Waals surface area (Å²) >= 11 is 0. The van der Waals surface area contributed by atoms with Gasteiger partial charge in [0, 0.05) is 23.6 Å². The van der Waals surface area contributed by atoms with Gasteiger partial charge in [0.2, 0.25) is 5.91 Å². The molecule has 0 bridgehead atoms. The highest BCUT2D eigenvalue weighted by Gasteiger charge is 2.11. The highest BCUT2D eigenvalue weighted by Crippen LogP contribution is 2.06. The van der Waals surface area contributed by atoms with Gasteiger partial charge in [-0.25, -0.2) is 0 Å². The zero-order valence-corrected chi connectivity index (χ0v) is 8.42. The molecule has 0 atom stereocenters. The summed E-state index contributed by atoms with van der Waals surface area (Å²) in [6.07, 6.45) is 1.05. The van der Waals surface area contributed by atoms with Crippen LogP contribution >= 0.6 is 0 Å². The highest BCUT2D eigenvalue weighted by atomic mass is 16.2. The fraction of sp³-hybridized carbons (Fsp3) is 0.900. The van der Waals surface area contributed by atoms with E-state index in [1.807, 2.05) is 13.8 Å². The second kappa shape index (κ2) is 5.18. The standard InChI is InChI=1S/C10H21NO/c1-8(2)6-7-10(12)11(5)9(3)4/h8-9H,6-7H2,1-5H3/i5D3. The van der Waals surface area contributed by atoms with E-state index in [1.54, 1.807) is 13.8 Å². The molecule has 0 saturated heterocycles. The van der Waals surface area contributed by atoms with Gasteiger partial charge in [0.15, 0.2) is 0 Å². The number of hydrogen-bond acceptors (Lipinski definition) is 1. The minimum absolute atomic E-state index is 0.279. The first kappa shape index (κ1) is 6.93. The molecule has 0 aromatic rings. The Bertz CT molecular complexity index is 211. The topological polar surface area (TPSA) is 20.3 Å². The Morgan fingerprint density at radius 3 is 2.33 bits per heavy atom. The molecule has 0 heterocycles. The van der Waals surface area contributed by atoms with Gasteiger partial charge in [0.05, 0.1) is 0 Å². The summed E-state index contributed by atoms with van der Waals surface area (Å²) in [5.74, 6) is 0.137. The minimum Gasteiger partial charge on any atom is -0.343 e.